The molecule has 0 saturated carbocycles. The average molecular weight is 288 g/mol. The highest BCUT2D eigenvalue weighted by Gasteiger charge is 2.24. The monoisotopic (exact) mass is 288 g/mol. The van der Waals surface area contributed by atoms with Gasteiger partial charge >= 0.3 is 5.97 Å². The zero-order valence-corrected chi connectivity index (χ0v) is 12.6. The molecule has 1 atom stereocenters. The number of furan rings is 1. The second-order valence-corrected chi connectivity index (χ2v) is 5.65. The molecule has 0 aliphatic heterocycles. The van der Waals surface area contributed by atoms with Crippen LogP contribution in [0.3, 0.4) is 0 Å². The summed E-state index contributed by atoms with van der Waals surface area (Å²) in [5.74, 6) is -0.420. The van der Waals surface area contributed by atoms with Crippen LogP contribution in [0.4, 0.5) is 0 Å². The molecule has 0 N–H and O–H groups in total. The number of esters is 1. The first kappa shape index (κ1) is 15.3. The maximum atomic E-state index is 12.4. The Hall–Kier alpha value is -2.10. The summed E-state index contributed by atoms with van der Waals surface area (Å²) in [7, 11) is 1.36. The Morgan fingerprint density at radius 2 is 2.00 bits per heavy atom. The highest BCUT2D eigenvalue weighted by molar-refractivity contribution is 6.00. The van der Waals surface area contributed by atoms with Crippen molar-refractivity contribution in [3.05, 3.63) is 36.1 Å². The molecule has 4 nitrogen and oxygen atoms in total. The first-order chi connectivity index (χ1) is 10.0. The van der Waals surface area contributed by atoms with E-state index in [0.29, 0.717) is 17.9 Å². The van der Waals surface area contributed by atoms with Crippen LogP contribution in [0.1, 0.15) is 37.0 Å². The van der Waals surface area contributed by atoms with Gasteiger partial charge in [-0.25, -0.2) is 0 Å². The second-order valence-electron chi connectivity index (χ2n) is 5.65. The number of ether oxygens (including phenoxy) is 1. The van der Waals surface area contributed by atoms with Crippen molar-refractivity contribution in [2.45, 2.75) is 26.7 Å². The van der Waals surface area contributed by atoms with E-state index in [-0.39, 0.29) is 24.1 Å². The third-order valence-electron chi connectivity index (χ3n) is 3.50. The standard InChI is InChI=1S/C17H20O4/c1-11(2)8-14(17(19)20-3)10-15(18)12-4-5-16-13(9-12)6-7-21-16/h4-7,9,11,14H,8,10H2,1-3H3/t14-/m0/s1. The van der Waals surface area contributed by atoms with Gasteiger partial charge in [0.25, 0.3) is 0 Å². The SMILES string of the molecule is COC(=O)[C@H](CC(=O)c1ccc2occc2c1)CC(C)C. The van der Waals surface area contributed by atoms with Crippen LogP contribution in [0.25, 0.3) is 11.0 Å². The summed E-state index contributed by atoms with van der Waals surface area (Å²) in [6.07, 6.45) is 2.41. The number of carbonyl (C=O) groups is 2. The Morgan fingerprint density at radius 1 is 1.24 bits per heavy atom. The van der Waals surface area contributed by atoms with Gasteiger partial charge in [-0.15, -0.1) is 0 Å². The zero-order chi connectivity index (χ0) is 15.4. The molecule has 0 unspecified atom stereocenters. The molecule has 0 amide bonds. The molecule has 1 aromatic carbocycles. The van der Waals surface area contributed by atoms with Gasteiger partial charge in [-0.2, -0.15) is 0 Å². The van der Waals surface area contributed by atoms with Gasteiger partial charge in [0.15, 0.2) is 5.78 Å². The number of ketones is 1. The Morgan fingerprint density at radius 3 is 2.67 bits per heavy atom. The molecule has 4 heteroatoms. The number of methoxy groups -OCH3 is 1. The average Bonchev–Trinajstić information content (AvgIpc) is 2.92. The van der Waals surface area contributed by atoms with Crippen LogP contribution in [-0.4, -0.2) is 18.9 Å². The molecule has 0 radical (unpaired) electrons. The van der Waals surface area contributed by atoms with Crippen molar-refractivity contribution < 1.29 is 18.7 Å². The van der Waals surface area contributed by atoms with E-state index in [1.54, 1.807) is 24.5 Å². The summed E-state index contributed by atoms with van der Waals surface area (Å²) in [5.41, 5.74) is 1.35. The highest BCUT2D eigenvalue weighted by atomic mass is 16.5. The third kappa shape index (κ3) is 3.72. The number of Topliss-reactive ketones (excluding diaryl/α,β-unsaturated/α-hetero) is 1. The lowest BCUT2D eigenvalue weighted by Crippen LogP contribution is -2.21. The number of rotatable bonds is 6. The van der Waals surface area contributed by atoms with Gasteiger partial charge in [0.2, 0.25) is 0 Å². The van der Waals surface area contributed by atoms with Gasteiger partial charge < -0.3 is 9.15 Å². The molecule has 0 aliphatic rings. The van der Waals surface area contributed by atoms with Gasteiger partial charge in [0.05, 0.1) is 19.3 Å². The molecular weight excluding hydrogens is 268 g/mol. The van der Waals surface area contributed by atoms with E-state index in [2.05, 4.69) is 0 Å². The molecule has 2 aromatic rings. The van der Waals surface area contributed by atoms with E-state index >= 15 is 0 Å². The van der Waals surface area contributed by atoms with Crippen LogP contribution in [0.2, 0.25) is 0 Å². The smallest absolute Gasteiger partial charge is 0.309 e. The quantitative estimate of drug-likeness (QED) is 0.598. The van der Waals surface area contributed by atoms with E-state index in [4.69, 9.17) is 9.15 Å². The van der Waals surface area contributed by atoms with Crippen LogP contribution in [0.15, 0.2) is 34.9 Å². The van der Waals surface area contributed by atoms with E-state index in [1.807, 2.05) is 19.9 Å². The second kappa shape index (κ2) is 6.57. The number of hydrogen-bond donors (Lipinski definition) is 0. The zero-order valence-electron chi connectivity index (χ0n) is 12.6. The van der Waals surface area contributed by atoms with E-state index in [9.17, 15) is 9.59 Å². The summed E-state index contributed by atoms with van der Waals surface area (Å²) in [4.78, 5) is 24.2. The largest absolute Gasteiger partial charge is 0.469 e. The van der Waals surface area contributed by atoms with Gasteiger partial charge in [-0.3, -0.25) is 9.59 Å². The molecule has 0 spiro atoms. The summed E-state index contributed by atoms with van der Waals surface area (Å²) in [6, 6.07) is 7.12. The van der Waals surface area contributed by atoms with Gasteiger partial charge in [0.1, 0.15) is 5.58 Å². The van der Waals surface area contributed by atoms with Crippen molar-refractivity contribution in [1.29, 1.82) is 0 Å². The summed E-state index contributed by atoms with van der Waals surface area (Å²) >= 11 is 0. The Balaban J connectivity index is 2.15. The van der Waals surface area contributed by atoms with Crippen LogP contribution < -0.4 is 0 Å². The first-order valence-corrected chi connectivity index (χ1v) is 7.09. The maximum Gasteiger partial charge on any atom is 0.309 e. The molecule has 0 fully saturated rings. The minimum atomic E-state index is -0.387. The van der Waals surface area contributed by atoms with Crippen molar-refractivity contribution in [2.75, 3.05) is 7.11 Å². The highest BCUT2D eigenvalue weighted by Crippen LogP contribution is 2.22. The number of hydrogen-bond acceptors (Lipinski definition) is 4. The maximum absolute atomic E-state index is 12.4. The molecule has 112 valence electrons. The Bertz CT molecular complexity index is 639. The molecule has 21 heavy (non-hydrogen) atoms. The number of carbonyl (C=O) groups excluding carboxylic acids is 2. The van der Waals surface area contributed by atoms with Crippen LogP contribution in [0, 0.1) is 11.8 Å². The van der Waals surface area contributed by atoms with Crippen molar-refractivity contribution in [3.63, 3.8) is 0 Å². The molecule has 0 aliphatic carbocycles. The minimum Gasteiger partial charge on any atom is -0.469 e. The predicted octanol–water partition coefficient (Wildman–Crippen LogP) is 3.84. The van der Waals surface area contributed by atoms with Gasteiger partial charge in [0, 0.05) is 17.4 Å². The fraction of sp³-hybridized carbons (Fsp3) is 0.412. The lowest BCUT2D eigenvalue weighted by Gasteiger charge is -2.16. The fourth-order valence-electron chi connectivity index (χ4n) is 2.48. The normalized spacial score (nSPS) is 12.6. The van der Waals surface area contributed by atoms with Gasteiger partial charge in [-0.1, -0.05) is 13.8 Å². The van der Waals surface area contributed by atoms with Crippen molar-refractivity contribution in [2.24, 2.45) is 11.8 Å². The molecular formula is C17H20O4. The molecule has 0 saturated heterocycles. The van der Waals surface area contributed by atoms with Crippen molar-refractivity contribution >= 4 is 22.7 Å². The number of benzene rings is 1. The van der Waals surface area contributed by atoms with Crippen molar-refractivity contribution in [3.8, 4) is 0 Å². The molecule has 1 heterocycles. The summed E-state index contributed by atoms with van der Waals surface area (Å²) in [6.45, 7) is 4.05. The molecule has 2 rings (SSSR count). The van der Waals surface area contributed by atoms with Crippen LogP contribution in [0.5, 0.6) is 0 Å². The van der Waals surface area contributed by atoms with Crippen LogP contribution >= 0.6 is 0 Å². The van der Waals surface area contributed by atoms with Gasteiger partial charge in [-0.05, 0) is 36.6 Å². The minimum absolute atomic E-state index is 0.0471. The lowest BCUT2D eigenvalue weighted by atomic mass is 9.90. The topological polar surface area (TPSA) is 56.5 Å². The third-order valence-corrected chi connectivity index (χ3v) is 3.50. The van der Waals surface area contributed by atoms with E-state index in [0.717, 1.165) is 11.0 Å². The summed E-state index contributed by atoms with van der Waals surface area (Å²) in [5, 5.41) is 0.888. The number of fused-ring (bicyclic) bond motifs is 1. The molecule has 0 bridgehead atoms. The lowest BCUT2D eigenvalue weighted by molar-refractivity contribution is -0.145. The molecule has 1 aromatic heterocycles. The first-order valence-electron chi connectivity index (χ1n) is 7.09. The van der Waals surface area contributed by atoms with E-state index in [1.165, 1.54) is 7.11 Å². The summed E-state index contributed by atoms with van der Waals surface area (Å²) < 4.78 is 10.1. The van der Waals surface area contributed by atoms with Crippen molar-refractivity contribution in [1.82, 2.24) is 0 Å². The van der Waals surface area contributed by atoms with Crippen LogP contribution in [-0.2, 0) is 9.53 Å². The Kier molecular flexibility index (Phi) is 4.78. The fourth-order valence-corrected chi connectivity index (χ4v) is 2.48. The predicted molar refractivity (Wildman–Crippen MR) is 80.1 cm³/mol. The Labute approximate surface area is 124 Å². The van der Waals surface area contributed by atoms with E-state index < -0.39 is 0 Å².